The second-order valence-electron chi connectivity index (χ2n) is 9.89. The molecule has 0 saturated carbocycles. The summed E-state index contributed by atoms with van der Waals surface area (Å²) in [6.07, 6.45) is 1.45. The van der Waals surface area contributed by atoms with E-state index in [1.165, 1.54) is 12.1 Å². The van der Waals surface area contributed by atoms with E-state index in [1.54, 1.807) is 36.4 Å². The zero-order valence-corrected chi connectivity index (χ0v) is 22.6. The molecule has 13 nitrogen and oxygen atoms in total. The van der Waals surface area contributed by atoms with E-state index in [4.69, 9.17) is 11.5 Å². The van der Waals surface area contributed by atoms with Gasteiger partial charge in [0.2, 0.25) is 23.6 Å². The van der Waals surface area contributed by atoms with E-state index in [0.29, 0.717) is 12.8 Å². The lowest BCUT2D eigenvalue weighted by Gasteiger charge is -2.25. The number of urea groups is 1. The van der Waals surface area contributed by atoms with E-state index in [2.05, 4.69) is 26.6 Å². The van der Waals surface area contributed by atoms with Crippen LogP contribution in [0.3, 0.4) is 0 Å². The molecule has 6 amide bonds. The molecule has 2 aromatic rings. The van der Waals surface area contributed by atoms with Crippen molar-refractivity contribution in [2.24, 2.45) is 11.5 Å². The smallest absolute Gasteiger partial charge is 0.314 e. The fraction of sp³-hybridized carbons (Fsp3) is 0.393. The Morgan fingerprint density at radius 1 is 0.927 bits per heavy atom. The first kappa shape index (κ1) is 30.9. The number of phenolic OH excluding ortho intramolecular Hbond substituents is 1. The number of carbonyl (C=O) groups is 5. The Morgan fingerprint density at radius 3 is 2.32 bits per heavy atom. The standard InChI is InChI=1S/C28H37N7O6/c29-20(14-18-9-11-19(36)12-10-18)25(38)33-21-8-4-5-13-31-28(41)32-16-23(24(30)37)35-27(40)22(34-26(21)39)15-17-6-2-1-3-7-17/h1-3,6-7,9-12,20-23,36H,4-5,8,13-16,29H2,(H2,30,37)(H,33,38)(H,34,39)(H,35,40)(H2,31,32,41)/t20-,21-,22-,23-/m0/s1. The maximum atomic E-state index is 13.5. The van der Waals surface area contributed by atoms with Gasteiger partial charge in [0.05, 0.1) is 6.04 Å². The number of amides is 6. The third-order valence-electron chi connectivity index (χ3n) is 6.61. The van der Waals surface area contributed by atoms with Crippen LogP contribution >= 0.6 is 0 Å². The molecule has 10 N–H and O–H groups in total. The second-order valence-corrected chi connectivity index (χ2v) is 9.89. The van der Waals surface area contributed by atoms with Gasteiger partial charge in [-0.2, -0.15) is 0 Å². The Balaban J connectivity index is 1.80. The Bertz CT molecular complexity index is 1210. The fourth-order valence-electron chi connectivity index (χ4n) is 4.29. The van der Waals surface area contributed by atoms with E-state index in [1.807, 2.05) is 6.07 Å². The highest BCUT2D eigenvalue weighted by atomic mass is 16.3. The van der Waals surface area contributed by atoms with Crippen LogP contribution in [0.1, 0.15) is 30.4 Å². The molecule has 4 atom stereocenters. The van der Waals surface area contributed by atoms with E-state index >= 15 is 0 Å². The molecule has 1 aliphatic heterocycles. The third-order valence-corrected chi connectivity index (χ3v) is 6.61. The van der Waals surface area contributed by atoms with Crippen molar-refractivity contribution in [2.75, 3.05) is 13.1 Å². The highest BCUT2D eigenvalue weighted by Crippen LogP contribution is 2.12. The van der Waals surface area contributed by atoms with E-state index in [-0.39, 0.29) is 38.1 Å². The summed E-state index contributed by atoms with van der Waals surface area (Å²) in [4.78, 5) is 63.9. The van der Waals surface area contributed by atoms with Gasteiger partial charge in [-0.1, -0.05) is 42.5 Å². The Kier molecular flexibility index (Phi) is 11.5. The minimum absolute atomic E-state index is 0.0853. The zero-order valence-electron chi connectivity index (χ0n) is 22.6. The number of rotatable bonds is 7. The van der Waals surface area contributed by atoms with Crippen molar-refractivity contribution in [3.63, 3.8) is 0 Å². The summed E-state index contributed by atoms with van der Waals surface area (Å²) < 4.78 is 0. The van der Waals surface area contributed by atoms with Crippen molar-refractivity contribution in [1.82, 2.24) is 26.6 Å². The predicted octanol–water partition coefficient (Wildman–Crippen LogP) is -1.07. The summed E-state index contributed by atoms with van der Waals surface area (Å²) in [5, 5.41) is 22.5. The molecule has 3 rings (SSSR count). The molecule has 0 bridgehead atoms. The van der Waals surface area contributed by atoms with Gasteiger partial charge in [0, 0.05) is 19.5 Å². The molecule has 2 aromatic carbocycles. The number of hydrogen-bond donors (Lipinski definition) is 8. The van der Waals surface area contributed by atoms with Crippen LogP contribution in [-0.4, -0.2) is 72.0 Å². The van der Waals surface area contributed by atoms with Crippen molar-refractivity contribution in [2.45, 2.75) is 56.3 Å². The minimum Gasteiger partial charge on any atom is -0.508 e. The van der Waals surface area contributed by atoms with Crippen LogP contribution in [0.15, 0.2) is 54.6 Å². The molecule has 220 valence electrons. The normalized spacial score (nSPS) is 21.5. The van der Waals surface area contributed by atoms with Crippen molar-refractivity contribution in [3.05, 3.63) is 65.7 Å². The van der Waals surface area contributed by atoms with Gasteiger partial charge in [-0.3, -0.25) is 19.2 Å². The third kappa shape index (κ3) is 10.1. The van der Waals surface area contributed by atoms with Gasteiger partial charge < -0.3 is 43.2 Å². The molecule has 1 saturated heterocycles. The van der Waals surface area contributed by atoms with Crippen LogP contribution < -0.4 is 38.1 Å². The molecule has 0 aromatic heterocycles. The van der Waals surface area contributed by atoms with Gasteiger partial charge in [-0.15, -0.1) is 0 Å². The van der Waals surface area contributed by atoms with Crippen LogP contribution in [-0.2, 0) is 32.0 Å². The van der Waals surface area contributed by atoms with Crippen molar-refractivity contribution < 1.29 is 29.1 Å². The first-order chi connectivity index (χ1) is 19.6. The molecular formula is C28H37N7O6. The summed E-state index contributed by atoms with van der Waals surface area (Å²) in [6, 6.07) is 10.3. The van der Waals surface area contributed by atoms with Gasteiger partial charge in [0.15, 0.2) is 0 Å². The lowest BCUT2D eigenvalue weighted by atomic mass is 10.0. The maximum Gasteiger partial charge on any atom is 0.314 e. The van der Waals surface area contributed by atoms with Crippen molar-refractivity contribution >= 4 is 29.7 Å². The number of nitrogens with two attached hydrogens (primary N) is 2. The monoisotopic (exact) mass is 567 g/mol. The summed E-state index contributed by atoms with van der Waals surface area (Å²) in [5.74, 6) is -2.62. The number of phenols is 1. The van der Waals surface area contributed by atoms with E-state index < -0.39 is 53.8 Å². The van der Waals surface area contributed by atoms with Gasteiger partial charge in [0.25, 0.3) is 0 Å². The Labute approximate surface area is 237 Å². The Hall–Kier alpha value is -4.65. The van der Waals surface area contributed by atoms with Crippen LogP contribution in [0.25, 0.3) is 0 Å². The highest BCUT2D eigenvalue weighted by Gasteiger charge is 2.30. The first-order valence-corrected chi connectivity index (χ1v) is 13.4. The molecule has 1 aliphatic rings. The van der Waals surface area contributed by atoms with Crippen LogP contribution in [0, 0.1) is 0 Å². The number of hydrogen-bond acceptors (Lipinski definition) is 7. The average molecular weight is 568 g/mol. The van der Waals surface area contributed by atoms with Crippen molar-refractivity contribution in [1.29, 1.82) is 0 Å². The number of primary amides is 1. The predicted molar refractivity (Wildman–Crippen MR) is 150 cm³/mol. The molecular weight excluding hydrogens is 530 g/mol. The van der Waals surface area contributed by atoms with Crippen LogP contribution in [0.4, 0.5) is 4.79 Å². The molecule has 13 heteroatoms. The molecule has 41 heavy (non-hydrogen) atoms. The van der Waals surface area contributed by atoms with Crippen molar-refractivity contribution in [3.8, 4) is 5.75 Å². The summed E-state index contributed by atoms with van der Waals surface area (Å²) >= 11 is 0. The lowest BCUT2D eigenvalue weighted by molar-refractivity contribution is -0.133. The van der Waals surface area contributed by atoms with Gasteiger partial charge >= 0.3 is 6.03 Å². The highest BCUT2D eigenvalue weighted by molar-refractivity contribution is 5.95. The molecule has 1 heterocycles. The maximum absolute atomic E-state index is 13.5. The molecule has 0 spiro atoms. The van der Waals surface area contributed by atoms with E-state index in [0.717, 1.165) is 11.1 Å². The van der Waals surface area contributed by atoms with Gasteiger partial charge in [0.1, 0.15) is 23.9 Å². The van der Waals surface area contributed by atoms with Gasteiger partial charge in [-0.05, 0) is 48.9 Å². The zero-order chi connectivity index (χ0) is 29.8. The largest absolute Gasteiger partial charge is 0.508 e. The lowest BCUT2D eigenvalue weighted by Crippen LogP contribution is -2.59. The summed E-state index contributed by atoms with van der Waals surface area (Å²) in [6.45, 7) is 0.0369. The number of nitrogens with one attached hydrogen (secondary N) is 5. The average Bonchev–Trinajstić information content (AvgIpc) is 2.95. The van der Waals surface area contributed by atoms with E-state index in [9.17, 15) is 29.1 Å². The van der Waals surface area contributed by atoms with Crippen LogP contribution in [0.5, 0.6) is 5.75 Å². The van der Waals surface area contributed by atoms with Crippen LogP contribution in [0.2, 0.25) is 0 Å². The summed E-state index contributed by atoms with van der Waals surface area (Å²) in [7, 11) is 0. The molecule has 0 aliphatic carbocycles. The van der Waals surface area contributed by atoms with Gasteiger partial charge in [-0.25, -0.2) is 4.79 Å². The number of aromatic hydroxyl groups is 1. The summed E-state index contributed by atoms with van der Waals surface area (Å²) in [5.41, 5.74) is 13.0. The Morgan fingerprint density at radius 2 is 1.63 bits per heavy atom. The number of benzene rings is 2. The topological polar surface area (TPSA) is 218 Å². The second kappa shape index (κ2) is 15.2. The fourth-order valence-corrected chi connectivity index (χ4v) is 4.29. The minimum atomic E-state index is -1.22. The SMILES string of the molecule is NC(=O)[C@@H]1CNC(=O)NCCCC[C@H](NC(=O)[C@@H](N)Cc2ccc(O)cc2)C(=O)N[C@@H](Cc2ccccc2)C(=O)N1. The first-order valence-electron chi connectivity index (χ1n) is 13.4. The molecule has 0 unspecified atom stereocenters. The quantitative estimate of drug-likeness (QED) is 0.207. The molecule has 0 radical (unpaired) electrons. The number of carbonyl (C=O) groups excluding carboxylic acids is 5. The molecule has 1 fully saturated rings.